The first kappa shape index (κ1) is 22.7. The van der Waals surface area contributed by atoms with E-state index in [1.165, 1.54) is 12.0 Å². The Morgan fingerprint density at radius 3 is 2.91 bits per heavy atom. The number of H-pyrrole nitrogens is 1. The first-order valence-corrected chi connectivity index (χ1v) is 12.2. The van der Waals surface area contributed by atoms with Crippen molar-refractivity contribution in [2.24, 2.45) is 0 Å². The van der Waals surface area contributed by atoms with E-state index < -0.39 is 0 Å². The molecule has 180 valence electrons. The number of benzene rings is 2. The van der Waals surface area contributed by atoms with Crippen LogP contribution in [0.5, 0.6) is 5.75 Å². The number of hydrogen-bond acceptors (Lipinski definition) is 6. The number of hydrogen-bond donors (Lipinski definition) is 2. The summed E-state index contributed by atoms with van der Waals surface area (Å²) in [5.41, 5.74) is 3.41. The highest BCUT2D eigenvalue weighted by Crippen LogP contribution is 2.22. The van der Waals surface area contributed by atoms with E-state index in [-0.39, 0.29) is 12.5 Å². The summed E-state index contributed by atoms with van der Waals surface area (Å²) < 4.78 is 5.86. The van der Waals surface area contributed by atoms with Crippen LogP contribution in [0.3, 0.4) is 0 Å². The lowest BCUT2D eigenvalue weighted by Gasteiger charge is -2.33. The van der Waals surface area contributed by atoms with Gasteiger partial charge in [-0.2, -0.15) is 5.10 Å². The molecular weight excluding hydrogens is 428 g/mol. The fourth-order valence-electron chi connectivity index (χ4n) is 4.87. The first-order valence-electron chi connectivity index (χ1n) is 12.2. The number of aromatic nitrogens is 2. The van der Waals surface area contributed by atoms with E-state index in [1.807, 2.05) is 23.2 Å². The van der Waals surface area contributed by atoms with Gasteiger partial charge in [0, 0.05) is 56.4 Å². The Bertz CT molecular complexity index is 1110. The van der Waals surface area contributed by atoms with E-state index in [0.29, 0.717) is 6.04 Å². The summed E-state index contributed by atoms with van der Waals surface area (Å²) in [5.74, 6) is 0.831. The first-order chi connectivity index (χ1) is 16.6. The highest BCUT2D eigenvalue weighted by Gasteiger charge is 2.21. The van der Waals surface area contributed by atoms with Crippen molar-refractivity contribution in [1.29, 1.82) is 0 Å². The zero-order valence-electron chi connectivity index (χ0n) is 19.9. The average Bonchev–Trinajstić information content (AvgIpc) is 3.31. The SMILES string of the molecule is CN1CCN(C(=O)COc2cccc(CN3CCCC(Nc4ccc5[nH]ncc5c4)C3)c2)CC1. The molecule has 2 fully saturated rings. The van der Waals surface area contributed by atoms with Gasteiger partial charge in [0.15, 0.2) is 6.61 Å². The zero-order valence-corrected chi connectivity index (χ0v) is 19.9. The third kappa shape index (κ3) is 5.69. The molecule has 2 aromatic carbocycles. The van der Waals surface area contributed by atoms with Crippen molar-refractivity contribution in [2.75, 3.05) is 58.2 Å². The molecule has 5 rings (SSSR count). The van der Waals surface area contributed by atoms with Gasteiger partial charge in [-0.1, -0.05) is 12.1 Å². The van der Waals surface area contributed by atoms with Gasteiger partial charge in [-0.25, -0.2) is 0 Å². The second-order valence-electron chi connectivity index (χ2n) is 9.51. The van der Waals surface area contributed by atoms with Crippen LogP contribution in [-0.2, 0) is 11.3 Å². The summed E-state index contributed by atoms with van der Waals surface area (Å²) in [5, 5.41) is 11.9. The summed E-state index contributed by atoms with van der Waals surface area (Å²) in [4.78, 5) is 19.1. The Morgan fingerprint density at radius 1 is 1.15 bits per heavy atom. The standard InChI is InChI=1S/C26H34N6O2/c1-30-10-12-32(13-11-30)26(33)19-34-24-6-2-4-20(14-24)17-31-9-3-5-23(18-31)28-22-7-8-25-21(15-22)16-27-29-25/h2,4,6-8,14-16,23,28H,3,5,9-13,17-19H2,1H3,(H,27,29). The minimum Gasteiger partial charge on any atom is -0.484 e. The van der Waals surface area contributed by atoms with Crippen LogP contribution in [0.25, 0.3) is 10.9 Å². The normalized spacial score (nSPS) is 19.9. The van der Waals surface area contributed by atoms with Crippen molar-refractivity contribution >= 4 is 22.5 Å². The molecule has 8 nitrogen and oxygen atoms in total. The second-order valence-corrected chi connectivity index (χ2v) is 9.51. The lowest BCUT2D eigenvalue weighted by molar-refractivity contribution is -0.134. The molecule has 0 radical (unpaired) electrons. The van der Waals surface area contributed by atoms with Gasteiger partial charge < -0.3 is 19.9 Å². The van der Waals surface area contributed by atoms with Crippen LogP contribution in [0.1, 0.15) is 18.4 Å². The minimum atomic E-state index is 0.0667. The number of carbonyl (C=O) groups excluding carboxylic acids is 1. The maximum atomic E-state index is 12.5. The van der Waals surface area contributed by atoms with E-state index in [2.05, 4.69) is 62.7 Å². The number of nitrogens with zero attached hydrogens (tertiary/aromatic N) is 4. The maximum Gasteiger partial charge on any atom is 0.260 e. The lowest BCUT2D eigenvalue weighted by atomic mass is 10.0. The van der Waals surface area contributed by atoms with Crippen LogP contribution in [0, 0.1) is 0 Å². The molecule has 0 bridgehead atoms. The number of carbonyl (C=O) groups is 1. The number of ether oxygens (including phenoxy) is 1. The van der Waals surface area contributed by atoms with E-state index >= 15 is 0 Å². The number of rotatable bonds is 7. The second kappa shape index (κ2) is 10.4. The number of likely N-dealkylation sites (N-methyl/N-ethyl adjacent to an activating group) is 1. The van der Waals surface area contributed by atoms with Crippen molar-refractivity contribution < 1.29 is 9.53 Å². The number of nitrogens with one attached hydrogen (secondary N) is 2. The van der Waals surface area contributed by atoms with Crippen molar-refractivity contribution in [1.82, 2.24) is 24.9 Å². The predicted octanol–water partition coefficient (Wildman–Crippen LogP) is 2.79. The third-order valence-corrected chi connectivity index (χ3v) is 6.84. The average molecular weight is 463 g/mol. The maximum absolute atomic E-state index is 12.5. The fourth-order valence-corrected chi connectivity index (χ4v) is 4.87. The fraction of sp³-hybridized carbons (Fsp3) is 0.462. The number of aromatic amines is 1. The predicted molar refractivity (Wildman–Crippen MR) is 134 cm³/mol. The third-order valence-electron chi connectivity index (χ3n) is 6.84. The molecule has 2 aliphatic rings. The summed E-state index contributed by atoms with van der Waals surface area (Å²) in [7, 11) is 2.09. The molecule has 1 atom stereocenters. The Hall–Kier alpha value is -3.10. The van der Waals surface area contributed by atoms with Crippen molar-refractivity contribution in [3.05, 3.63) is 54.2 Å². The molecule has 0 aliphatic carbocycles. The van der Waals surface area contributed by atoms with Gasteiger partial charge in [-0.05, 0) is 62.3 Å². The Kier molecular flexibility index (Phi) is 6.97. The van der Waals surface area contributed by atoms with Gasteiger partial charge in [-0.3, -0.25) is 14.8 Å². The zero-order chi connectivity index (χ0) is 23.3. The van der Waals surface area contributed by atoms with Crippen LogP contribution < -0.4 is 10.1 Å². The molecule has 2 aliphatic heterocycles. The van der Waals surface area contributed by atoms with E-state index in [0.717, 1.165) is 74.6 Å². The number of piperazine rings is 1. The number of fused-ring (bicyclic) bond motifs is 1. The quantitative estimate of drug-likeness (QED) is 0.562. The van der Waals surface area contributed by atoms with Crippen LogP contribution in [0.15, 0.2) is 48.7 Å². The smallest absolute Gasteiger partial charge is 0.260 e. The lowest BCUT2D eigenvalue weighted by Crippen LogP contribution is -2.48. The number of piperidine rings is 1. The van der Waals surface area contributed by atoms with Gasteiger partial charge in [0.2, 0.25) is 0 Å². The van der Waals surface area contributed by atoms with Gasteiger partial charge in [-0.15, -0.1) is 0 Å². The molecule has 1 unspecified atom stereocenters. The minimum absolute atomic E-state index is 0.0667. The van der Waals surface area contributed by atoms with Crippen molar-refractivity contribution in [2.45, 2.75) is 25.4 Å². The molecule has 1 amide bonds. The number of anilines is 1. The van der Waals surface area contributed by atoms with Gasteiger partial charge in [0.1, 0.15) is 5.75 Å². The monoisotopic (exact) mass is 462 g/mol. The topological polar surface area (TPSA) is 76.7 Å². The number of amides is 1. The summed E-state index contributed by atoms with van der Waals surface area (Å²) >= 11 is 0. The van der Waals surface area contributed by atoms with E-state index in [1.54, 1.807) is 0 Å². The summed E-state index contributed by atoms with van der Waals surface area (Å²) in [6, 6.07) is 14.9. The van der Waals surface area contributed by atoms with Crippen LogP contribution in [-0.4, -0.2) is 89.8 Å². The highest BCUT2D eigenvalue weighted by atomic mass is 16.5. The van der Waals surface area contributed by atoms with Crippen LogP contribution >= 0.6 is 0 Å². The molecule has 2 saturated heterocycles. The van der Waals surface area contributed by atoms with Gasteiger partial charge in [0.05, 0.1) is 11.7 Å². The van der Waals surface area contributed by atoms with E-state index in [9.17, 15) is 4.79 Å². The molecule has 0 spiro atoms. The molecule has 8 heteroatoms. The Labute approximate surface area is 200 Å². The molecule has 2 N–H and O–H groups in total. The largest absolute Gasteiger partial charge is 0.484 e. The molecule has 3 aromatic rings. The summed E-state index contributed by atoms with van der Waals surface area (Å²) in [6.07, 6.45) is 4.19. The Balaban J connectivity index is 1.12. The summed E-state index contributed by atoms with van der Waals surface area (Å²) in [6.45, 7) is 6.46. The molecule has 3 heterocycles. The van der Waals surface area contributed by atoms with Gasteiger partial charge >= 0.3 is 0 Å². The van der Waals surface area contributed by atoms with Gasteiger partial charge in [0.25, 0.3) is 5.91 Å². The number of likely N-dealkylation sites (tertiary alicyclic amines) is 1. The van der Waals surface area contributed by atoms with Crippen LogP contribution in [0.4, 0.5) is 5.69 Å². The molecule has 34 heavy (non-hydrogen) atoms. The molecule has 1 aromatic heterocycles. The molecular formula is C26H34N6O2. The van der Waals surface area contributed by atoms with Crippen LogP contribution in [0.2, 0.25) is 0 Å². The van der Waals surface area contributed by atoms with Crippen molar-refractivity contribution in [3.8, 4) is 5.75 Å². The van der Waals surface area contributed by atoms with Crippen molar-refractivity contribution in [3.63, 3.8) is 0 Å². The van der Waals surface area contributed by atoms with E-state index in [4.69, 9.17) is 4.74 Å². The highest BCUT2D eigenvalue weighted by molar-refractivity contribution is 5.81. The molecule has 0 saturated carbocycles. The Morgan fingerprint density at radius 2 is 2.03 bits per heavy atom.